The van der Waals surface area contributed by atoms with E-state index < -0.39 is 0 Å². The summed E-state index contributed by atoms with van der Waals surface area (Å²) in [6.07, 6.45) is 0.260. The highest BCUT2D eigenvalue weighted by Crippen LogP contribution is 2.18. The molecule has 0 bridgehead atoms. The molecule has 5 heteroatoms. The quantitative estimate of drug-likeness (QED) is 0.607. The average Bonchev–Trinajstić information content (AvgIpc) is 2.45. The van der Waals surface area contributed by atoms with Gasteiger partial charge in [0.15, 0.2) is 0 Å². The maximum absolute atomic E-state index is 11.4. The first-order chi connectivity index (χ1) is 6.85. The second kappa shape index (κ2) is 4.28. The first kappa shape index (κ1) is 12.1. The van der Waals surface area contributed by atoms with E-state index in [9.17, 15) is 9.59 Å². The lowest BCUT2D eigenvalue weighted by Gasteiger charge is -2.31. The van der Waals surface area contributed by atoms with Gasteiger partial charge in [0.2, 0.25) is 11.8 Å². The van der Waals surface area contributed by atoms with Gasteiger partial charge in [0.25, 0.3) is 0 Å². The first-order valence-corrected chi connectivity index (χ1v) is 5.10. The number of nitrogens with one attached hydrogen (secondary N) is 1. The number of amides is 2. The summed E-state index contributed by atoms with van der Waals surface area (Å²) in [5, 5.41) is 2.30. The van der Waals surface area contributed by atoms with Crippen molar-refractivity contribution in [2.45, 2.75) is 26.3 Å². The van der Waals surface area contributed by atoms with Crippen LogP contribution in [0.4, 0.5) is 0 Å². The number of nitrogens with zero attached hydrogens (tertiary/aromatic N) is 1. The van der Waals surface area contributed by atoms with Crippen molar-refractivity contribution < 1.29 is 9.59 Å². The molecule has 1 aliphatic heterocycles. The fraction of sp³-hybridized carbons (Fsp3) is 0.800. The predicted octanol–water partition coefficient (Wildman–Crippen LogP) is -0.682. The summed E-state index contributed by atoms with van der Waals surface area (Å²) in [4.78, 5) is 24.3. The predicted molar refractivity (Wildman–Crippen MR) is 57.0 cm³/mol. The van der Waals surface area contributed by atoms with Crippen molar-refractivity contribution >= 4 is 11.8 Å². The minimum Gasteiger partial charge on any atom is -0.330 e. The fourth-order valence-corrected chi connectivity index (χ4v) is 1.75. The van der Waals surface area contributed by atoms with Gasteiger partial charge in [-0.3, -0.25) is 19.8 Å². The van der Waals surface area contributed by atoms with Gasteiger partial charge < -0.3 is 5.73 Å². The van der Waals surface area contributed by atoms with Crippen molar-refractivity contribution in [2.24, 2.45) is 11.1 Å². The number of rotatable bonds is 4. The van der Waals surface area contributed by atoms with Crippen LogP contribution in [0.1, 0.15) is 20.3 Å². The summed E-state index contributed by atoms with van der Waals surface area (Å²) >= 11 is 0. The molecule has 0 radical (unpaired) electrons. The van der Waals surface area contributed by atoms with Crippen molar-refractivity contribution in [2.75, 3.05) is 20.1 Å². The summed E-state index contributed by atoms with van der Waals surface area (Å²) in [7, 11) is 1.85. The van der Waals surface area contributed by atoms with Gasteiger partial charge >= 0.3 is 0 Å². The number of hydrogen-bond acceptors (Lipinski definition) is 4. The van der Waals surface area contributed by atoms with Crippen molar-refractivity contribution in [3.8, 4) is 0 Å². The zero-order valence-corrected chi connectivity index (χ0v) is 9.54. The number of imide groups is 1. The molecule has 1 heterocycles. The van der Waals surface area contributed by atoms with Gasteiger partial charge in [0.1, 0.15) is 0 Å². The third-order valence-corrected chi connectivity index (χ3v) is 2.71. The van der Waals surface area contributed by atoms with Crippen LogP contribution in [0.3, 0.4) is 0 Å². The Bertz CT molecular complexity index is 276. The molecular formula is C10H19N3O2. The summed E-state index contributed by atoms with van der Waals surface area (Å²) in [6.45, 7) is 5.34. The average molecular weight is 213 g/mol. The molecule has 86 valence electrons. The fourth-order valence-electron chi connectivity index (χ4n) is 1.75. The Balaban J connectivity index is 2.58. The van der Waals surface area contributed by atoms with E-state index in [2.05, 4.69) is 5.32 Å². The Hall–Kier alpha value is -0.940. The lowest BCUT2D eigenvalue weighted by Crippen LogP contribution is -2.44. The summed E-state index contributed by atoms with van der Waals surface area (Å²) in [5.41, 5.74) is 5.58. The highest BCUT2D eigenvalue weighted by Gasteiger charge is 2.35. The molecule has 1 atom stereocenters. The lowest BCUT2D eigenvalue weighted by molar-refractivity contribution is -0.126. The van der Waals surface area contributed by atoms with Crippen LogP contribution in [0.2, 0.25) is 0 Å². The van der Waals surface area contributed by atoms with Crippen LogP contribution in [0, 0.1) is 5.41 Å². The van der Waals surface area contributed by atoms with Gasteiger partial charge in [0, 0.05) is 6.54 Å². The standard InChI is InChI=1S/C10H19N3O2/c1-10(2,5-11)6-13(3)7-4-8(14)12-9(7)15/h7H,4-6,11H2,1-3H3,(H,12,14,15). The smallest absolute Gasteiger partial charge is 0.244 e. The van der Waals surface area contributed by atoms with Crippen LogP contribution in [0.5, 0.6) is 0 Å². The maximum atomic E-state index is 11.4. The molecule has 1 unspecified atom stereocenters. The zero-order chi connectivity index (χ0) is 11.6. The molecule has 5 nitrogen and oxygen atoms in total. The van der Waals surface area contributed by atoms with Gasteiger partial charge in [0.05, 0.1) is 12.5 Å². The molecule has 0 aliphatic carbocycles. The third kappa shape index (κ3) is 3.00. The maximum Gasteiger partial charge on any atom is 0.244 e. The molecule has 0 aromatic heterocycles. The van der Waals surface area contributed by atoms with E-state index in [1.165, 1.54) is 0 Å². The highest BCUT2D eigenvalue weighted by atomic mass is 16.2. The number of nitrogens with two attached hydrogens (primary N) is 1. The molecule has 1 fully saturated rings. The van der Waals surface area contributed by atoms with Gasteiger partial charge in [-0.05, 0) is 19.0 Å². The molecule has 1 aliphatic rings. The largest absolute Gasteiger partial charge is 0.330 e. The Morgan fingerprint density at radius 1 is 1.53 bits per heavy atom. The van der Waals surface area contributed by atoms with E-state index >= 15 is 0 Å². The SMILES string of the molecule is CN(CC(C)(C)CN)C1CC(=O)NC1=O. The van der Waals surface area contributed by atoms with E-state index in [0.717, 1.165) is 0 Å². The Morgan fingerprint density at radius 3 is 2.53 bits per heavy atom. The molecule has 0 aromatic rings. The molecule has 3 N–H and O–H groups in total. The first-order valence-electron chi connectivity index (χ1n) is 5.10. The van der Waals surface area contributed by atoms with Gasteiger partial charge in [-0.15, -0.1) is 0 Å². The Labute approximate surface area is 90.0 Å². The number of carbonyl (C=O) groups excluding carboxylic acids is 2. The second-order valence-corrected chi connectivity index (χ2v) is 4.92. The minimum atomic E-state index is -0.330. The van der Waals surface area contributed by atoms with Crippen molar-refractivity contribution in [3.63, 3.8) is 0 Å². The van der Waals surface area contributed by atoms with Crippen molar-refractivity contribution in [1.82, 2.24) is 10.2 Å². The molecule has 1 rings (SSSR count). The van der Waals surface area contributed by atoms with Crippen LogP contribution in [-0.4, -0.2) is 42.9 Å². The third-order valence-electron chi connectivity index (χ3n) is 2.71. The van der Waals surface area contributed by atoms with Crippen LogP contribution in [0.25, 0.3) is 0 Å². The van der Waals surface area contributed by atoms with Gasteiger partial charge in [-0.25, -0.2) is 0 Å². The molecule has 0 aromatic carbocycles. The van der Waals surface area contributed by atoms with Gasteiger partial charge in [-0.2, -0.15) is 0 Å². The van der Waals surface area contributed by atoms with Crippen molar-refractivity contribution in [1.29, 1.82) is 0 Å². The molecular weight excluding hydrogens is 194 g/mol. The van der Waals surface area contributed by atoms with Crippen LogP contribution in [-0.2, 0) is 9.59 Å². The minimum absolute atomic E-state index is 0.0410. The lowest BCUT2D eigenvalue weighted by atomic mass is 9.92. The van der Waals surface area contributed by atoms with Crippen LogP contribution >= 0.6 is 0 Å². The molecule has 0 saturated carbocycles. The van der Waals surface area contributed by atoms with Crippen LogP contribution < -0.4 is 11.1 Å². The topological polar surface area (TPSA) is 75.4 Å². The number of likely N-dealkylation sites (N-methyl/N-ethyl adjacent to an activating group) is 1. The monoisotopic (exact) mass is 213 g/mol. The van der Waals surface area contributed by atoms with Gasteiger partial charge in [-0.1, -0.05) is 13.8 Å². The Morgan fingerprint density at radius 2 is 2.13 bits per heavy atom. The molecule has 15 heavy (non-hydrogen) atoms. The van der Waals surface area contributed by atoms with E-state index in [4.69, 9.17) is 5.73 Å². The molecule has 2 amide bonds. The van der Waals surface area contributed by atoms with E-state index in [1.807, 2.05) is 25.8 Å². The Kier molecular flexibility index (Phi) is 3.46. The number of hydrogen-bond donors (Lipinski definition) is 2. The highest BCUT2D eigenvalue weighted by molar-refractivity contribution is 6.05. The summed E-state index contributed by atoms with van der Waals surface area (Å²) in [6, 6.07) is -0.330. The molecule has 0 spiro atoms. The second-order valence-electron chi connectivity index (χ2n) is 4.92. The van der Waals surface area contributed by atoms with E-state index in [0.29, 0.717) is 13.1 Å². The molecule has 1 saturated heterocycles. The summed E-state index contributed by atoms with van der Waals surface area (Å²) in [5.74, 6) is -0.391. The van der Waals surface area contributed by atoms with E-state index in [-0.39, 0.29) is 29.7 Å². The van der Waals surface area contributed by atoms with Crippen molar-refractivity contribution in [3.05, 3.63) is 0 Å². The zero-order valence-electron chi connectivity index (χ0n) is 9.54. The van der Waals surface area contributed by atoms with Crippen LogP contribution in [0.15, 0.2) is 0 Å². The van der Waals surface area contributed by atoms with E-state index in [1.54, 1.807) is 0 Å². The number of carbonyl (C=O) groups is 2. The normalized spacial score (nSPS) is 22.3. The summed E-state index contributed by atoms with van der Waals surface area (Å²) < 4.78 is 0.